The number of nitrogens with zero attached hydrogens (tertiary/aromatic N) is 2. The minimum atomic E-state index is -0.602. The van der Waals surface area contributed by atoms with Gasteiger partial charge in [0.2, 0.25) is 11.8 Å². The second kappa shape index (κ2) is 6.63. The summed E-state index contributed by atoms with van der Waals surface area (Å²) in [5.41, 5.74) is 2.77. The van der Waals surface area contributed by atoms with Crippen LogP contribution in [0.5, 0.6) is 0 Å². The number of carbonyl (C=O) groups excluding carboxylic acids is 3. The van der Waals surface area contributed by atoms with Gasteiger partial charge in [-0.1, -0.05) is 39.0 Å². The Balaban J connectivity index is 1.78. The summed E-state index contributed by atoms with van der Waals surface area (Å²) in [6, 6.07) is 5.14. The van der Waals surface area contributed by atoms with Gasteiger partial charge in [-0.15, -0.1) is 0 Å². The molecule has 3 rings (SSSR count). The molecule has 2 heterocycles. The van der Waals surface area contributed by atoms with Crippen LogP contribution in [0.1, 0.15) is 31.9 Å². The standard InChI is InChI=1S/C19H26N4O3/c1-12-6-5-7-13(19(2,3)4)16(12)21-18(26)22-8-9-23-14(11-22)17(25)20-10-15(23)24/h5-7,14H,8-11H2,1-4H3,(H,20,25)(H,21,26). The van der Waals surface area contributed by atoms with Crippen molar-refractivity contribution < 1.29 is 14.4 Å². The predicted octanol–water partition coefficient (Wildman–Crippen LogP) is 1.47. The first-order chi connectivity index (χ1) is 12.2. The second-order valence-corrected chi connectivity index (χ2v) is 7.94. The van der Waals surface area contributed by atoms with E-state index in [1.807, 2.05) is 25.1 Å². The molecule has 0 radical (unpaired) electrons. The van der Waals surface area contributed by atoms with E-state index >= 15 is 0 Å². The second-order valence-electron chi connectivity index (χ2n) is 7.94. The Morgan fingerprint density at radius 3 is 2.65 bits per heavy atom. The van der Waals surface area contributed by atoms with Crippen molar-refractivity contribution in [1.82, 2.24) is 15.1 Å². The van der Waals surface area contributed by atoms with Crippen LogP contribution in [0, 0.1) is 6.92 Å². The first-order valence-electron chi connectivity index (χ1n) is 8.91. The number of urea groups is 1. The SMILES string of the molecule is Cc1cccc(C(C)(C)C)c1NC(=O)N1CCN2C(=O)CNC(=O)C2C1. The van der Waals surface area contributed by atoms with E-state index in [2.05, 4.69) is 31.4 Å². The van der Waals surface area contributed by atoms with Gasteiger partial charge >= 0.3 is 6.03 Å². The molecule has 1 aromatic rings. The van der Waals surface area contributed by atoms with Gasteiger partial charge in [0.15, 0.2) is 0 Å². The van der Waals surface area contributed by atoms with Gasteiger partial charge < -0.3 is 20.4 Å². The molecule has 1 atom stereocenters. The van der Waals surface area contributed by atoms with Crippen molar-refractivity contribution >= 4 is 23.5 Å². The van der Waals surface area contributed by atoms with Crippen LogP contribution in [0.25, 0.3) is 0 Å². The van der Waals surface area contributed by atoms with Crippen molar-refractivity contribution in [1.29, 1.82) is 0 Å². The zero-order valence-electron chi connectivity index (χ0n) is 15.8. The molecule has 0 aliphatic carbocycles. The molecular weight excluding hydrogens is 332 g/mol. The van der Waals surface area contributed by atoms with Gasteiger partial charge in [0, 0.05) is 18.8 Å². The molecule has 0 spiro atoms. The van der Waals surface area contributed by atoms with Crippen LogP contribution in [0.15, 0.2) is 18.2 Å². The molecule has 0 bridgehead atoms. The molecule has 0 saturated carbocycles. The molecule has 2 saturated heterocycles. The number of carbonyl (C=O) groups is 3. The van der Waals surface area contributed by atoms with Crippen LogP contribution < -0.4 is 10.6 Å². The summed E-state index contributed by atoms with van der Waals surface area (Å²) in [5, 5.41) is 5.62. The van der Waals surface area contributed by atoms with Crippen LogP contribution in [0.2, 0.25) is 0 Å². The lowest BCUT2D eigenvalue weighted by Crippen LogP contribution is -2.66. The number of hydrogen-bond donors (Lipinski definition) is 2. The van der Waals surface area contributed by atoms with Gasteiger partial charge in [-0.3, -0.25) is 9.59 Å². The number of piperazine rings is 2. The Labute approximate surface area is 153 Å². The van der Waals surface area contributed by atoms with Crippen LogP contribution in [0.3, 0.4) is 0 Å². The molecule has 7 heteroatoms. The summed E-state index contributed by atoms with van der Waals surface area (Å²) >= 11 is 0. The minimum absolute atomic E-state index is 0.0414. The lowest BCUT2D eigenvalue weighted by molar-refractivity contribution is -0.148. The number of fused-ring (bicyclic) bond motifs is 1. The van der Waals surface area contributed by atoms with Gasteiger partial charge in [-0.2, -0.15) is 0 Å². The lowest BCUT2D eigenvalue weighted by atomic mass is 9.84. The van der Waals surface area contributed by atoms with Crippen LogP contribution in [-0.2, 0) is 15.0 Å². The number of anilines is 1. The largest absolute Gasteiger partial charge is 0.345 e. The highest BCUT2D eigenvalue weighted by molar-refractivity contribution is 5.97. The van der Waals surface area contributed by atoms with E-state index in [4.69, 9.17) is 0 Å². The molecule has 2 aliphatic heterocycles. The van der Waals surface area contributed by atoms with E-state index in [-0.39, 0.29) is 36.3 Å². The molecular formula is C19H26N4O3. The monoisotopic (exact) mass is 358 g/mol. The van der Waals surface area contributed by atoms with Gasteiger partial charge in [0.1, 0.15) is 6.04 Å². The zero-order valence-corrected chi connectivity index (χ0v) is 15.8. The van der Waals surface area contributed by atoms with Gasteiger partial charge in [-0.25, -0.2) is 4.79 Å². The lowest BCUT2D eigenvalue weighted by Gasteiger charge is -2.42. The van der Waals surface area contributed by atoms with E-state index in [0.717, 1.165) is 16.8 Å². The maximum atomic E-state index is 12.8. The van der Waals surface area contributed by atoms with Crippen LogP contribution in [-0.4, -0.2) is 59.9 Å². The van der Waals surface area contributed by atoms with Gasteiger partial charge in [-0.05, 0) is 23.5 Å². The number of benzene rings is 1. The van der Waals surface area contributed by atoms with Crippen molar-refractivity contribution in [2.24, 2.45) is 0 Å². The van der Waals surface area contributed by atoms with Crippen molar-refractivity contribution in [3.05, 3.63) is 29.3 Å². The number of aryl methyl sites for hydroxylation is 1. The normalized spacial score (nSPS) is 20.5. The molecule has 2 aliphatic rings. The third kappa shape index (κ3) is 3.38. The summed E-state index contributed by atoms with van der Waals surface area (Å²) in [6.45, 7) is 9.33. The number of para-hydroxylation sites is 1. The Morgan fingerprint density at radius 2 is 1.96 bits per heavy atom. The summed E-state index contributed by atoms with van der Waals surface area (Å²) in [6.07, 6.45) is 0. The maximum Gasteiger partial charge on any atom is 0.322 e. The van der Waals surface area contributed by atoms with E-state index in [1.165, 1.54) is 0 Å². The highest BCUT2D eigenvalue weighted by atomic mass is 16.2. The van der Waals surface area contributed by atoms with Gasteiger partial charge in [0.25, 0.3) is 0 Å². The maximum absolute atomic E-state index is 12.8. The van der Waals surface area contributed by atoms with Crippen LogP contribution >= 0.6 is 0 Å². The topological polar surface area (TPSA) is 81.8 Å². The quantitative estimate of drug-likeness (QED) is 0.798. The Morgan fingerprint density at radius 1 is 1.23 bits per heavy atom. The van der Waals surface area contributed by atoms with Crippen LogP contribution in [0.4, 0.5) is 10.5 Å². The van der Waals surface area contributed by atoms with Crippen molar-refractivity contribution in [2.45, 2.75) is 39.2 Å². The molecule has 4 amide bonds. The summed E-state index contributed by atoms with van der Waals surface area (Å²) in [4.78, 5) is 40.0. The molecule has 26 heavy (non-hydrogen) atoms. The number of amides is 4. The highest BCUT2D eigenvalue weighted by Gasteiger charge is 2.40. The fourth-order valence-electron chi connectivity index (χ4n) is 3.52. The summed E-state index contributed by atoms with van der Waals surface area (Å²) < 4.78 is 0. The summed E-state index contributed by atoms with van der Waals surface area (Å²) in [5.74, 6) is -0.294. The molecule has 2 N–H and O–H groups in total. The average Bonchev–Trinajstić information content (AvgIpc) is 2.58. The average molecular weight is 358 g/mol. The molecule has 140 valence electrons. The van der Waals surface area contributed by atoms with E-state index in [9.17, 15) is 14.4 Å². The molecule has 7 nitrogen and oxygen atoms in total. The van der Waals surface area contributed by atoms with Crippen molar-refractivity contribution in [3.8, 4) is 0 Å². The Bertz CT molecular complexity index is 754. The minimum Gasteiger partial charge on any atom is -0.345 e. The summed E-state index contributed by atoms with van der Waals surface area (Å²) in [7, 11) is 0. The highest BCUT2D eigenvalue weighted by Crippen LogP contribution is 2.32. The molecule has 0 aromatic heterocycles. The number of hydrogen-bond acceptors (Lipinski definition) is 3. The third-order valence-corrected chi connectivity index (χ3v) is 5.02. The number of nitrogens with one attached hydrogen (secondary N) is 2. The first-order valence-corrected chi connectivity index (χ1v) is 8.91. The van der Waals surface area contributed by atoms with Gasteiger partial charge in [0.05, 0.1) is 13.1 Å². The fraction of sp³-hybridized carbons (Fsp3) is 0.526. The van der Waals surface area contributed by atoms with E-state index < -0.39 is 6.04 Å². The smallest absolute Gasteiger partial charge is 0.322 e. The fourth-order valence-corrected chi connectivity index (χ4v) is 3.52. The number of rotatable bonds is 1. The van der Waals surface area contributed by atoms with Crippen molar-refractivity contribution in [3.63, 3.8) is 0 Å². The Hall–Kier alpha value is -2.57. The Kier molecular flexibility index (Phi) is 4.64. The predicted molar refractivity (Wildman–Crippen MR) is 99.0 cm³/mol. The molecule has 2 fully saturated rings. The van der Waals surface area contributed by atoms with Crippen molar-refractivity contribution in [2.75, 3.05) is 31.5 Å². The molecule has 1 aromatic carbocycles. The first kappa shape index (κ1) is 18.2. The molecule has 1 unspecified atom stereocenters. The van der Waals surface area contributed by atoms with E-state index in [0.29, 0.717) is 13.1 Å². The van der Waals surface area contributed by atoms with E-state index in [1.54, 1.807) is 9.80 Å². The third-order valence-electron chi connectivity index (χ3n) is 5.02. The zero-order chi connectivity index (χ0) is 19.1.